The molecule has 0 bridgehead atoms. The molecule has 2 atom stereocenters. The van der Waals surface area contributed by atoms with Gasteiger partial charge in [0.15, 0.2) is 16.1 Å². The Hall–Kier alpha value is -2.63. The third kappa shape index (κ3) is 3.56. The van der Waals surface area contributed by atoms with Crippen LogP contribution < -0.4 is 11.1 Å². The molecule has 0 saturated heterocycles. The van der Waals surface area contributed by atoms with Gasteiger partial charge in [-0.25, -0.2) is 17.2 Å². The van der Waals surface area contributed by atoms with Gasteiger partial charge in [-0.3, -0.25) is 9.98 Å². The summed E-state index contributed by atoms with van der Waals surface area (Å²) in [5.41, 5.74) is 4.94. The van der Waals surface area contributed by atoms with E-state index in [2.05, 4.69) is 15.3 Å². The van der Waals surface area contributed by atoms with Crippen LogP contribution in [0.25, 0.3) is 0 Å². The Morgan fingerprint density at radius 1 is 1.26 bits per heavy atom. The summed E-state index contributed by atoms with van der Waals surface area (Å²) in [4.78, 5) is 8.14. The fourth-order valence-electron chi connectivity index (χ4n) is 4.18. The molecule has 1 aromatic heterocycles. The van der Waals surface area contributed by atoms with Crippen LogP contribution in [0, 0.1) is 11.6 Å². The van der Waals surface area contributed by atoms with Gasteiger partial charge in [0.25, 0.3) is 0 Å². The van der Waals surface area contributed by atoms with Crippen LogP contribution in [0.15, 0.2) is 41.5 Å². The molecule has 1 aliphatic heterocycles. The number of aliphatic imine (C=N–C) groups is 1. The first-order chi connectivity index (χ1) is 14.5. The number of aromatic nitrogens is 1. The lowest BCUT2D eigenvalue weighted by Crippen LogP contribution is -2.65. The highest BCUT2D eigenvalue weighted by atomic mass is 32.2. The summed E-state index contributed by atoms with van der Waals surface area (Å²) in [7, 11) is -3.82. The maximum absolute atomic E-state index is 14.7. The average molecular weight is 452 g/mol. The Bertz CT molecular complexity index is 1150. The van der Waals surface area contributed by atoms with E-state index in [1.54, 1.807) is 0 Å². The summed E-state index contributed by atoms with van der Waals surface area (Å²) in [5, 5.41) is 22.7. The number of amidine groups is 1. The number of aliphatic hydroxyl groups excluding tert-OH is 2. The van der Waals surface area contributed by atoms with E-state index in [0.29, 0.717) is 0 Å². The van der Waals surface area contributed by atoms with E-state index in [1.165, 1.54) is 25.1 Å². The molecular weight excluding hydrogens is 430 g/mol. The first-order valence-corrected chi connectivity index (χ1v) is 11.2. The highest BCUT2D eigenvalue weighted by molar-refractivity contribution is 7.93. The van der Waals surface area contributed by atoms with Gasteiger partial charge in [0.05, 0.1) is 23.7 Å². The number of nitrogens with zero attached hydrogens (tertiary/aromatic N) is 2. The van der Waals surface area contributed by atoms with Gasteiger partial charge in [-0.1, -0.05) is 0 Å². The van der Waals surface area contributed by atoms with Crippen molar-refractivity contribution in [3.05, 3.63) is 59.4 Å². The third-order valence-corrected chi connectivity index (χ3v) is 8.59. The van der Waals surface area contributed by atoms with E-state index in [0.717, 1.165) is 18.3 Å². The fourth-order valence-corrected chi connectivity index (χ4v) is 6.67. The van der Waals surface area contributed by atoms with E-state index >= 15 is 0 Å². The molecule has 8 nitrogen and oxygen atoms in total. The van der Waals surface area contributed by atoms with Gasteiger partial charge in [0, 0.05) is 24.1 Å². The molecule has 1 aromatic carbocycles. The summed E-state index contributed by atoms with van der Waals surface area (Å²) in [6.07, 6.45) is -1.17. The zero-order valence-electron chi connectivity index (χ0n) is 16.6. The molecule has 0 radical (unpaired) electrons. The third-order valence-electron chi connectivity index (χ3n) is 5.91. The van der Waals surface area contributed by atoms with E-state index in [-0.39, 0.29) is 35.6 Å². The molecule has 2 aliphatic rings. The van der Waals surface area contributed by atoms with E-state index < -0.39 is 49.8 Å². The topological polar surface area (TPSA) is 138 Å². The van der Waals surface area contributed by atoms with Gasteiger partial charge in [0.2, 0.25) is 0 Å². The number of pyridine rings is 1. The Labute approximate surface area is 177 Å². The first-order valence-electron chi connectivity index (χ1n) is 9.58. The number of aliphatic hydroxyl groups is 2. The fraction of sp³-hybridized carbons (Fsp3) is 0.400. The molecule has 2 heterocycles. The molecule has 31 heavy (non-hydrogen) atoms. The molecule has 1 aliphatic carbocycles. The van der Waals surface area contributed by atoms with Crippen molar-refractivity contribution >= 4 is 21.4 Å². The highest BCUT2D eigenvalue weighted by Crippen LogP contribution is 2.47. The second kappa shape index (κ2) is 7.21. The van der Waals surface area contributed by atoms with Crippen molar-refractivity contribution in [2.75, 3.05) is 11.1 Å². The van der Waals surface area contributed by atoms with Crippen LogP contribution in [0.5, 0.6) is 0 Å². The summed E-state index contributed by atoms with van der Waals surface area (Å²) in [6.45, 7) is 1.47. The lowest BCUT2D eigenvalue weighted by atomic mass is 9.79. The SMILES string of the molecule is CC1(c2cc(NC(O)c3ccc(F)cn3)ccc2F)CS(=O)(=O)C2(CC(O)C2)C(N)=N1. The Morgan fingerprint density at radius 3 is 2.55 bits per heavy atom. The van der Waals surface area contributed by atoms with Crippen molar-refractivity contribution < 1.29 is 27.4 Å². The van der Waals surface area contributed by atoms with Crippen LogP contribution in [-0.2, 0) is 15.4 Å². The average Bonchev–Trinajstić information content (AvgIpc) is 2.65. The lowest BCUT2D eigenvalue weighted by Gasteiger charge is -2.48. The monoisotopic (exact) mass is 452 g/mol. The normalized spacial score (nSPS) is 30.4. The minimum absolute atomic E-state index is 0.0157. The number of nitrogens with one attached hydrogen (secondary N) is 1. The highest BCUT2D eigenvalue weighted by Gasteiger charge is 2.61. The molecule has 1 saturated carbocycles. The van der Waals surface area contributed by atoms with Gasteiger partial charge in [-0.2, -0.15) is 0 Å². The van der Waals surface area contributed by atoms with Crippen molar-refractivity contribution in [3.63, 3.8) is 0 Å². The smallest absolute Gasteiger partial charge is 0.168 e. The number of halogens is 2. The summed E-state index contributed by atoms with van der Waals surface area (Å²) in [5.74, 6) is -1.85. The molecule has 2 aromatic rings. The number of nitrogens with two attached hydrogens (primary N) is 1. The number of anilines is 1. The van der Waals surface area contributed by atoms with Gasteiger partial charge < -0.3 is 21.3 Å². The minimum Gasteiger partial charge on any atom is -0.393 e. The largest absolute Gasteiger partial charge is 0.393 e. The van der Waals surface area contributed by atoms with Crippen LogP contribution in [0.2, 0.25) is 0 Å². The van der Waals surface area contributed by atoms with Crippen LogP contribution in [0.3, 0.4) is 0 Å². The number of benzene rings is 1. The van der Waals surface area contributed by atoms with E-state index in [9.17, 15) is 27.4 Å². The Kier molecular flexibility index (Phi) is 5.02. The Balaban J connectivity index is 1.67. The minimum atomic E-state index is -3.82. The maximum atomic E-state index is 14.7. The second-order valence-electron chi connectivity index (χ2n) is 8.23. The van der Waals surface area contributed by atoms with Crippen molar-refractivity contribution in [1.82, 2.24) is 4.98 Å². The standard InChI is InChI=1S/C20H22F2N4O4S/c1-19(10-31(29,30)20(18(23)26-19)7-13(27)8-20)14-6-12(3-4-15(14)22)25-17(28)16-5-2-11(21)9-24-16/h2-6,9,13,17,25,27-28H,7-8,10H2,1H3,(H2,23,26). The number of sulfone groups is 1. The number of hydrogen-bond donors (Lipinski definition) is 4. The van der Waals surface area contributed by atoms with Crippen molar-refractivity contribution in [2.24, 2.45) is 10.7 Å². The quantitative estimate of drug-likeness (QED) is 0.514. The van der Waals surface area contributed by atoms with Crippen molar-refractivity contribution in [3.8, 4) is 0 Å². The van der Waals surface area contributed by atoms with Gasteiger partial charge in [-0.05, 0) is 37.3 Å². The summed E-state index contributed by atoms with van der Waals surface area (Å²) in [6, 6.07) is 6.28. The summed E-state index contributed by atoms with van der Waals surface area (Å²) < 4.78 is 52.4. The zero-order chi connectivity index (χ0) is 22.6. The molecular formula is C20H22F2N4O4S. The van der Waals surface area contributed by atoms with Crippen LogP contribution in [0.1, 0.15) is 37.3 Å². The van der Waals surface area contributed by atoms with Crippen molar-refractivity contribution in [2.45, 2.75) is 42.4 Å². The lowest BCUT2D eigenvalue weighted by molar-refractivity contribution is 0.0785. The molecule has 1 fully saturated rings. The number of hydrogen-bond acceptors (Lipinski definition) is 8. The predicted molar refractivity (Wildman–Crippen MR) is 110 cm³/mol. The zero-order valence-corrected chi connectivity index (χ0v) is 17.4. The van der Waals surface area contributed by atoms with E-state index in [4.69, 9.17) is 5.73 Å². The van der Waals surface area contributed by atoms with Crippen LogP contribution in [-0.4, -0.2) is 46.1 Å². The molecule has 0 amide bonds. The van der Waals surface area contributed by atoms with Crippen LogP contribution >= 0.6 is 0 Å². The predicted octanol–water partition coefficient (Wildman–Crippen LogP) is 1.36. The maximum Gasteiger partial charge on any atom is 0.168 e. The van der Waals surface area contributed by atoms with Gasteiger partial charge in [-0.15, -0.1) is 0 Å². The van der Waals surface area contributed by atoms with Gasteiger partial charge >= 0.3 is 0 Å². The van der Waals surface area contributed by atoms with Gasteiger partial charge in [0.1, 0.15) is 27.8 Å². The molecule has 4 rings (SSSR count). The number of rotatable bonds is 4. The molecule has 5 N–H and O–H groups in total. The van der Waals surface area contributed by atoms with Crippen LogP contribution in [0.4, 0.5) is 14.5 Å². The second-order valence-corrected chi connectivity index (χ2v) is 10.5. The molecule has 166 valence electrons. The molecule has 1 spiro atoms. The van der Waals surface area contributed by atoms with Crippen molar-refractivity contribution in [1.29, 1.82) is 0 Å². The molecule has 2 unspecified atom stereocenters. The first kappa shape index (κ1) is 21.6. The summed E-state index contributed by atoms with van der Waals surface area (Å²) >= 11 is 0. The Morgan fingerprint density at radius 2 is 1.97 bits per heavy atom. The molecule has 11 heteroatoms. The van der Waals surface area contributed by atoms with E-state index in [1.807, 2.05) is 0 Å².